The van der Waals surface area contributed by atoms with E-state index in [1.165, 1.54) is 24.9 Å². The van der Waals surface area contributed by atoms with Crippen molar-refractivity contribution in [3.63, 3.8) is 0 Å². The van der Waals surface area contributed by atoms with Crippen molar-refractivity contribution < 1.29 is 0 Å². The Hall–Kier alpha value is -2.03. The molecule has 0 radical (unpaired) electrons. The molecule has 3 heteroatoms. The summed E-state index contributed by atoms with van der Waals surface area (Å²) >= 11 is 0. The highest BCUT2D eigenvalue weighted by Crippen LogP contribution is 2.32. The van der Waals surface area contributed by atoms with Crippen molar-refractivity contribution >= 4 is 11.4 Å². The van der Waals surface area contributed by atoms with E-state index in [4.69, 9.17) is 5.73 Å². The van der Waals surface area contributed by atoms with E-state index in [2.05, 4.69) is 35.0 Å². The summed E-state index contributed by atoms with van der Waals surface area (Å²) in [6.07, 6.45) is 7.54. The fourth-order valence-corrected chi connectivity index (χ4v) is 2.98. The Morgan fingerprint density at radius 2 is 2.15 bits per heavy atom. The van der Waals surface area contributed by atoms with Gasteiger partial charge in [0.1, 0.15) is 0 Å². The predicted octanol–water partition coefficient (Wildman–Crippen LogP) is 3.71. The van der Waals surface area contributed by atoms with Gasteiger partial charge in [-0.15, -0.1) is 0 Å². The van der Waals surface area contributed by atoms with Crippen LogP contribution in [0.2, 0.25) is 0 Å². The van der Waals surface area contributed by atoms with Gasteiger partial charge in [-0.1, -0.05) is 6.07 Å². The van der Waals surface area contributed by atoms with E-state index in [1.807, 2.05) is 18.3 Å². The van der Waals surface area contributed by atoms with E-state index >= 15 is 0 Å². The summed E-state index contributed by atoms with van der Waals surface area (Å²) < 4.78 is 0. The van der Waals surface area contributed by atoms with E-state index in [0.717, 1.165) is 23.4 Å². The van der Waals surface area contributed by atoms with Crippen LogP contribution in [0.3, 0.4) is 0 Å². The molecule has 1 aromatic carbocycles. The van der Waals surface area contributed by atoms with Crippen LogP contribution < -0.4 is 10.6 Å². The van der Waals surface area contributed by atoms with Gasteiger partial charge in [-0.05, 0) is 50.5 Å². The molecule has 1 aliphatic heterocycles. The highest BCUT2D eigenvalue weighted by Gasteiger charge is 2.19. The second-order valence-corrected chi connectivity index (χ2v) is 5.55. The van der Waals surface area contributed by atoms with E-state index in [-0.39, 0.29) is 0 Å². The third-order valence-corrected chi connectivity index (χ3v) is 4.14. The number of benzene rings is 1. The van der Waals surface area contributed by atoms with Gasteiger partial charge in [0.05, 0.1) is 0 Å². The van der Waals surface area contributed by atoms with Crippen LogP contribution in [0, 0.1) is 0 Å². The Morgan fingerprint density at radius 1 is 1.25 bits per heavy atom. The van der Waals surface area contributed by atoms with Crippen LogP contribution in [0.1, 0.15) is 26.2 Å². The fourth-order valence-electron chi connectivity index (χ4n) is 2.98. The number of hydrogen-bond acceptors (Lipinski definition) is 3. The summed E-state index contributed by atoms with van der Waals surface area (Å²) in [5.74, 6) is 0. The van der Waals surface area contributed by atoms with Gasteiger partial charge in [0.25, 0.3) is 0 Å². The third kappa shape index (κ3) is 2.48. The molecule has 1 fully saturated rings. The first-order valence-electron chi connectivity index (χ1n) is 7.32. The molecule has 0 bridgehead atoms. The summed E-state index contributed by atoms with van der Waals surface area (Å²) in [6.45, 7) is 3.44. The molecule has 1 aliphatic rings. The molecule has 20 heavy (non-hydrogen) atoms. The Morgan fingerprint density at radius 3 is 2.90 bits per heavy atom. The maximum atomic E-state index is 6.14. The lowest BCUT2D eigenvalue weighted by molar-refractivity contribution is 0.485. The Kier molecular flexibility index (Phi) is 3.59. The van der Waals surface area contributed by atoms with E-state index in [9.17, 15) is 0 Å². The van der Waals surface area contributed by atoms with Gasteiger partial charge in [-0.25, -0.2) is 0 Å². The van der Waals surface area contributed by atoms with Gasteiger partial charge in [0.2, 0.25) is 0 Å². The lowest BCUT2D eigenvalue weighted by atomic mass is 10.00. The minimum absolute atomic E-state index is 0.606. The average Bonchev–Trinajstić information content (AvgIpc) is 2.49. The molecule has 0 spiro atoms. The highest BCUT2D eigenvalue weighted by atomic mass is 15.2. The predicted molar refractivity (Wildman–Crippen MR) is 84.7 cm³/mol. The Balaban J connectivity index is 1.98. The van der Waals surface area contributed by atoms with Gasteiger partial charge in [-0.2, -0.15) is 0 Å². The third-order valence-electron chi connectivity index (χ3n) is 4.14. The number of anilines is 2. The maximum absolute atomic E-state index is 6.14. The zero-order valence-electron chi connectivity index (χ0n) is 11.9. The average molecular weight is 267 g/mol. The molecule has 0 saturated carbocycles. The molecule has 104 valence electrons. The van der Waals surface area contributed by atoms with Crippen LogP contribution in [-0.4, -0.2) is 17.6 Å². The van der Waals surface area contributed by atoms with E-state index < -0.39 is 0 Å². The second kappa shape index (κ2) is 5.53. The highest BCUT2D eigenvalue weighted by molar-refractivity contribution is 5.79. The lowest BCUT2D eigenvalue weighted by Gasteiger charge is -2.35. The van der Waals surface area contributed by atoms with E-state index in [0.29, 0.717) is 6.04 Å². The Bertz CT molecular complexity index is 580. The maximum Gasteiger partial charge on any atom is 0.0395 e. The number of aromatic nitrogens is 1. The van der Waals surface area contributed by atoms with Crippen molar-refractivity contribution in [3.05, 3.63) is 42.7 Å². The molecule has 1 atom stereocenters. The van der Waals surface area contributed by atoms with Gasteiger partial charge in [-0.3, -0.25) is 4.98 Å². The van der Waals surface area contributed by atoms with Gasteiger partial charge in [0, 0.05) is 47.5 Å². The molecule has 1 unspecified atom stereocenters. The zero-order chi connectivity index (χ0) is 13.9. The summed E-state index contributed by atoms with van der Waals surface area (Å²) in [7, 11) is 0. The number of pyridine rings is 1. The molecule has 1 aromatic heterocycles. The van der Waals surface area contributed by atoms with Crippen LogP contribution in [0.25, 0.3) is 11.1 Å². The van der Waals surface area contributed by atoms with Crippen LogP contribution in [0.15, 0.2) is 42.7 Å². The Labute approximate surface area is 120 Å². The standard InChI is InChI=1S/C17H21N3/c1-13-5-2-3-10-20(13)15-7-8-17(18)16(11-15)14-6-4-9-19-12-14/h4,6-9,11-13H,2-3,5,10,18H2,1H3. The van der Waals surface area contributed by atoms with Crippen molar-refractivity contribution in [2.45, 2.75) is 32.2 Å². The van der Waals surface area contributed by atoms with Crippen molar-refractivity contribution in [1.82, 2.24) is 4.98 Å². The first kappa shape index (κ1) is 13.0. The van der Waals surface area contributed by atoms with Crippen LogP contribution in [0.5, 0.6) is 0 Å². The first-order chi connectivity index (χ1) is 9.75. The lowest BCUT2D eigenvalue weighted by Crippen LogP contribution is -2.37. The normalized spacial score (nSPS) is 19.1. The molecule has 3 rings (SSSR count). The minimum atomic E-state index is 0.606. The first-order valence-corrected chi connectivity index (χ1v) is 7.32. The summed E-state index contributed by atoms with van der Waals surface area (Å²) in [4.78, 5) is 6.68. The number of nitrogens with two attached hydrogens (primary N) is 1. The molecule has 2 N–H and O–H groups in total. The number of hydrogen-bond donors (Lipinski definition) is 1. The van der Waals surface area contributed by atoms with Crippen molar-refractivity contribution in [1.29, 1.82) is 0 Å². The van der Waals surface area contributed by atoms with E-state index in [1.54, 1.807) is 6.20 Å². The van der Waals surface area contributed by atoms with Crippen LogP contribution in [-0.2, 0) is 0 Å². The quantitative estimate of drug-likeness (QED) is 0.843. The topological polar surface area (TPSA) is 42.1 Å². The largest absolute Gasteiger partial charge is 0.398 e. The van der Waals surface area contributed by atoms with Gasteiger partial charge < -0.3 is 10.6 Å². The molecule has 2 aromatic rings. The summed E-state index contributed by atoms with van der Waals surface area (Å²) in [5.41, 5.74) is 10.4. The molecule has 2 heterocycles. The van der Waals surface area contributed by atoms with Gasteiger partial charge >= 0.3 is 0 Å². The molecule has 3 nitrogen and oxygen atoms in total. The minimum Gasteiger partial charge on any atom is -0.398 e. The van der Waals surface area contributed by atoms with Crippen molar-refractivity contribution in [3.8, 4) is 11.1 Å². The van der Waals surface area contributed by atoms with Crippen LogP contribution >= 0.6 is 0 Å². The van der Waals surface area contributed by atoms with Crippen LogP contribution in [0.4, 0.5) is 11.4 Å². The monoisotopic (exact) mass is 267 g/mol. The molecular formula is C17H21N3. The second-order valence-electron chi connectivity index (χ2n) is 5.55. The molecule has 0 amide bonds. The number of rotatable bonds is 2. The van der Waals surface area contributed by atoms with Gasteiger partial charge in [0.15, 0.2) is 0 Å². The number of nitrogen functional groups attached to an aromatic ring is 1. The summed E-state index contributed by atoms with van der Waals surface area (Å²) in [6, 6.07) is 11.0. The summed E-state index contributed by atoms with van der Waals surface area (Å²) in [5, 5.41) is 0. The fraction of sp³-hybridized carbons (Fsp3) is 0.353. The molecule has 1 saturated heterocycles. The zero-order valence-corrected chi connectivity index (χ0v) is 11.9. The molecule has 0 aliphatic carbocycles. The molecular weight excluding hydrogens is 246 g/mol. The van der Waals surface area contributed by atoms with Crippen molar-refractivity contribution in [2.75, 3.05) is 17.2 Å². The SMILES string of the molecule is CC1CCCCN1c1ccc(N)c(-c2cccnc2)c1. The number of piperidine rings is 1. The van der Waals surface area contributed by atoms with Crippen molar-refractivity contribution in [2.24, 2.45) is 0 Å². The number of nitrogens with zero attached hydrogens (tertiary/aromatic N) is 2. The smallest absolute Gasteiger partial charge is 0.0395 e.